The van der Waals surface area contributed by atoms with Crippen molar-refractivity contribution < 1.29 is 4.79 Å². The quantitative estimate of drug-likeness (QED) is 0.841. The zero-order chi connectivity index (χ0) is 13.0. The topological polar surface area (TPSA) is 55.1 Å². The van der Waals surface area contributed by atoms with Gasteiger partial charge in [0.15, 0.2) is 0 Å². The molecule has 1 fully saturated rings. The van der Waals surface area contributed by atoms with Crippen LogP contribution in [0.4, 0.5) is 5.69 Å². The van der Waals surface area contributed by atoms with Gasteiger partial charge in [-0.15, -0.1) is 0 Å². The first-order valence-electron chi connectivity index (χ1n) is 6.50. The van der Waals surface area contributed by atoms with Crippen molar-refractivity contribution in [2.75, 3.05) is 12.3 Å². The van der Waals surface area contributed by atoms with Crippen molar-refractivity contribution in [3.63, 3.8) is 0 Å². The molecule has 0 radical (unpaired) electrons. The third-order valence-electron chi connectivity index (χ3n) is 3.53. The van der Waals surface area contributed by atoms with Gasteiger partial charge in [-0.05, 0) is 37.0 Å². The van der Waals surface area contributed by atoms with Gasteiger partial charge in [-0.2, -0.15) is 0 Å². The van der Waals surface area contributed by atoms with Crippen LogP contribution in [0.5, 0.6) is 0 Å². The van der Waals surface area contributed by atoms with E-state index in [9.17, 15) is 4.79 Å². The fraction of sp³-hybridized carbons (Fsp3) is 0.500. The fourth-order valence-electron chi connectivity index (χ4n) is 2.46. The zero-order valence-electron chi connectivity index (χ0n) is 10.4. The van der Waals surface area contributed by atoms with Crippen molar-refractivity contribution in [3.8, 4) is 0 Å². The Kier molecular flexibility index (Phi) is 4.64. The van der Waals surface area contributed by atoms with Gasteiger partial charge in [0.25, 0.3) is 5.91 Å². The van der Waals surface area contributed by atoms with Crippen molar-refractivity contribution in [2.24, 2.45) is 5.92 Å². The van der Waals surface area contributed by atoms with Gasteiger partial charge in [0.05, 0.1) is 5.56 Å². The van der Waals surface area contributed by atoms with Gasteiger partial charge in [0.1, 0.15) is 0 Å². The summed E-state index contributed by atoms with van der Waals surface area (Å²) in [6.45, 7) is 0.772. The van der Waals surface area contributed by atoms with E-state index in [1.165, 1.54) is 32.1 Å². The van der Waals surface area contributed by atoms with E-state index in [2.05, 4.69) is 21.2 Å². The molecule has 18 heavy (non-hydrogen) atoms. The molecule has 0 aromatic heterocycles. The Labute approximate surface area is 116 Å². The summed E-state index contributed by atoms with van der Waals surface area (Å²) in [6, 6.07) is 5.36. The van der Waals surface area contributed by atoms with Crippen LogP contribution in [0.1, 0.15) is 42.5 Å². The normalized spacial score (nSPS) is 16.5. The lowest BCUT2D eigenvalue weighted by molar-refractivity contribution is 0.0944. The maximum atomic E-state index is 12.0. The predicted molar refractivity (Wildman–Crippen MR) is 77.5 cm³/mol. The highest BCUT2D eigenvalue weighted by atomic mass is 79.9. The number of nitrogens with one attached hydrogen (secondary N) is 1. The lowest BCUT2D eigenvalue weighted by Crippen LogP contribution is -2.30. The van der Waals surface area contributed by atoms with Crippen molar-refractivity contribution in [2.45, 2.75) is 32.1 Å². The molecule has 0 heterocycles. The maximum Gasteiger partial charge on any atom is 0.253 e. The average Bonchev–Trinajstić information content (AvgIpc) is 2.37. The fourth-order valence-corrected chi connectivity index (χ4v) is 2.84. The van der Waals surface area contributed by atoms with Crippen LogP contribution in [0.2, 0.25) is 0 Å². The third kappa shape index (κ3) is 3.48. The van der Waals surface area contributed by atoms with Gasteiger partial charge in [-0.1, -0.05) is 35.2 Å². The van der Waals surface area contributed by atoms with Crippen LogP contribution >= 0.6 is 15.9 Å². The Morgan fingerprint density at radius 1 is 1.33 bits per heavy atom. The summed E-state index contributed by atoms with van der Waals surface area (Å²) in [5, 5.41) is 2.99. The molecule has 1 aliphatic carbocycles. The summed E-state index contributed by atoms with van der Waals surface area (Å²) in [5.74, 6) is 0.574. The molecule has 0 saturated heterocycles. The smallest absolute Gasteiger partial charge is 0.253 e. The second-order valence-electron chi connectivity index (χ2n) is 4.95. The largest absolute Gasteiger partial charge is 0.398 e. The van der Waals surface area contributed by atoms with Crippen LogP contribution in [0.25, 0.3) is 0 Å². The monoisotopic (exact) mass is 310 g/mol. The third-order valence-corrected chi connectivity index (χ3v) is 4.03. The summed E-state index contributed by atoms with van der Waals surface area (Å²) in [5.41, 5.74) is 6.92. The van der Waals surface area contributed by atoms with Gasteiger partial charge < -0.3 is 11.1 Å². The first-order chi connectivity index (χ1) is 8.66. The van der Waals surface area contributed by atoms with E-state index in [4.69, 9.17) is 5.73 Å². The van der Waals surface area contributed by atoms with Crippen LogP contribution in [-0.4, -0.2) is 12.5 Å². The Hall–Kier alpha value is -1.03. The molecule has 1 amide bonds. The SMILES string of the molecule is Nc1cc(Br)ccc1C(=O)NCC1CCCCC1. The van der Waals surface area contributed by atoms with Crippen molar-refractivity contribution >= 4 is 27.5 Å². The standard InChI is InChI=1S/C14H19BrN2O/c15-11-6-7-12(13(16)8-11)14(18)17-9-10-4-2-1-3-5-10/h6-8,10H,1-5,9,16H2,(H,17,18). The zero-order valence-corrected chi connectivity index (χ0v) is 12.0. The Morgan fingerprint density at radius 2 is 2.06 bits per heavy atom. The second-order valence-corrected chi connectivity index (χ2v) is 5.86. The molecule has 0 bridgehead atoms. The first-order valence-corrected chi connectivity index (χ1v) is 7.29. The van der Waals surface area contributed by atoms with Gasteiger partial charge >= 0.3 is 0 Å². The van der Waals surface area contributed by atoms with Crippen LogP contribution < -0.4 is 11.1 Å². The van der Waals surface area contributed by atoms with Crippen LogP contribution in [0.15, 0.2) is 22.7 Å². The molecule has 0 spiro atoms. The van der Waals surface area contributed by atoms with E-state index in [-0.39, 0.29) is 5.91 Å². The van der Waals surface area contributed by atoms with Crippen molar-refractivity contribution in [1.29, 1.82) is 0 Å². The predicted octanol–water partition coefficient (Wildman–Crippen LogP) is 3.34. The van der Waals surface area contributed by atoms with Gasteiger partial charge in [-0.25, -0.2) is 0 Å². The number of amides is 1. The molecule has 3 nitrogen and oxygen atoms in total. The summed E-state index contributed by atoms with van der Waals surface area (Å²) >= 11 is 3.34. The lowest BCUT2D eigenvalue weighted by Gasteiger charge is -2.21. The van der Waals surface area contributed by atoms with Crippen LogP contribution in [-0.2, 0) is 0 Å². The van der Waals surface area contributed by atoms with E-state index < -0.39 is 0 Å². The molecule has 1 aromatic rings. The number of halogens is 1. The van der Waals surface area contributed by atoms with E-state index in [0.717, 1.165) is 11.0 Å². The minimum absolute atomic E-state index is 0.0643. The number of nitrogens with two attached hydrogens (primary N) is 1. The molecule has 4 heteroatoms. The molecule has 0 unspecified atom stereocenters. The number of benzene rings is 1. The minimum Gasteiger partial charge on any atom is -0.398 e. The maximum absolute atomic E-state index is 12.0. The highest BCUT2D eigenvalue weighted by Gasteiger charge is 2.15. The van der Waals surface area contributed by atoms with E-state index in [1.54, 1.807) is 12.1 Å². The number of hydrogen-bond acceptors (Lipinski definition) is 2. The first kappa shape index (κ1) is 13.4. The van der Waals surface area contributed by atoms with Crippen molar-refractivity contribution in [1.82, 2.24) is 5.32 Å². The number of carbonyl (C=O) groups excluding carboxylic acids is 1. The second kappa shape index (κ2) is 6.23. The summed E-state index contributed by atoms with van der Waals surface area (Å²) in [6.07, 6.45) is 6.39. The van der Waals surface area contributed by atoms with E-state index in [0.29, 0.717) is 17.2 Å². The van der Waals surface area contributed by atoms with Crippen LogP contribution in [0, 0.1) is 5.92 Å². The van der Waals surface area contributed by atoms with Crippen molar-refractivity contribution in [3.05, 3.63) is 28.2 Å². The molecule has 0 atom stereocenters. The van der Waals surface area contributed by atoms with Crippen LogP contribution in [0.3, 0.4) is 0 Å². The van der Waals surface area contributed by atoms with Gasteiger partial charge in [0, 0.05) is 16.7 Å². The molecule has 1 aliphatic rings. The number of anilines is 1. The number of carbonyl (C=O) groups is 1. The average molecular weight is 311 g/mol. The molecular weight excluding hydrogens is 292 g/mol. The highest BCUT2D eigenvalue weighted by Crippen LogP contribution is 2.23. The molecule has 0 aliphatic heterocycles. The Balaban J connectivity index is 1.90. The number of nitrogen functional groups attached to an aromatic ring is 1. The molecule has 98 valence electrons. The van der Waals surface area contributed by atoms with Gasteiger partial charge in [-0.3, -0.25) is 4.79 Å². The number of hydrogen-bond donors (Lipinski definition) is 2. The molecular formula is C14H19BrN2O. The molecule has 2 rings (SSSR count). The Bertz CT molecular complexity index is 428. The summed E-state index contributed by atoms with van der Waals surface area (Å²) in [7, 11) is 0. The summed E-state index contributed by atoms with van der Waals surface area (Å²) in [4.78, 5) is 12.0. The minimum atomic E-state index is -0.0643. The van der Waals surface area contributed by atoms with E-state index in [1.807, 2.05) is 6.07 Å². The molecule has 3 N–H and O–H groups in total. The van der Waals surface area contributed by atoms with E-state index >= 15 is 0 Å². The molecule has 1 saturated carbocycles. The summed E-state index contributed by atoms with van der Waals surface area (Å²) < 4.78 is 0.892. The molecule has 1 aromatic carbocycles. The lowest BCUT2D eigenvalue weighted by atomic mass is 9.89. The highest BCUT2D eigenvalue weighted by molar-refractivity contribution is 9.10. The number of rotatable bonds is 3. The van der Waals surface area contributed by atoms with Gasteiger partial charge in [0.2, 0.25) is 0 Å². The Morgan fingerprint density at radius 3 is 2.72 bits per heavy atom.